The topological polar surface area (TPSA) is 78.6 Å². The van der Waals surface area contributed by atoms with E-state index in [2.05, 4.69) is 144 Å². The van der Waals surface area contributed by atoms with Gasteiger partial charge in [-0.3, -0.25) is 0 Å². The summed E-state index contributed by atoms with van der Waals surface area (Å²) >= 11 is 0. The van der Waals surface area contributed by atoms with Crippen LogP contribution in [0.2, 0.25) is 0 Å². The van der Waals surface area contributed by atoms with Crippen molar-refractivity contribution in [2.75, 3.05) is 45.4 Å². The Morgan fingerprint density at radius 2 is 0.493 bits per heavy atom. The molecule has 8 aromatic carbocycles. The Hall–Kier alpha value is -6.49. The molecule has 67 heavy (non-hydrogen) atoms. The summed E-state index contributed by atoms with van der Waals surface area (Å²) in [6, 6.07) is 73.6. The van der Waals surface area contributed by atoms with Gasteiger partial charge in [0.1, 0.15) is 0 Å². The first-order valence-corrected chi connectivity index (χ1v) is 26.7. The summed E-state index contributed by atoms with van der Waals surface area (Å²) in [5.74, 6) is 0. The largest absolute Gasteiger partial charge is 0.412 e. The fraction of sp³-hybridized carbons (Fsp3) is 0.143. The predicted octanol–water partition coefficient (Wildman–Crippen LogP) is 7.95. The molecule has 0 radical (unpaired) electrons. The molecule has 2 N–H and O–H groups in total. The molecule has 11 heteroatoms. The van der Waals surface area contributed by atoms with E-state index in [9.17, 15) is 9.13 Å². The minimum absolute atomic E-state index is 0. The molecule has 8 aromatic rings. The fourth-order valence-corrected chi connectivity index (χ4v) is 15.3. The van der Waals surface area contributed by atoms with Gasteiger partial charge in [-0.15, -0.1) is 0 Å². The third-order valence-electron chi connectivity index (χ3n) is 13.1. The van der Waals surface area contributed by atoms with E-state index in [4.69, 9.17) is 0 Å². The quantitative estimate of drug-likeness (QED) is 0.0916. The van der Waals surface area contributed by atoms with Gasteiger partial charge >= 0.3 is 14.0 Å². The molecule has 2 heterocycles. The molecule has 2 aliphatic heterocycles. The van der Waals surface area contributed by atoms with E-state index in [1.807, 2.05) is 121 Å². The van der Waals surface area contributed by atoms with Crippen LogP contribution in [0.25, 0.3) is 0 Å². The monoisotopic (exact) mass is 918 g/mol. The normalized spacial score (nSPS) is 13.1. The molecule has 0 fully saturated rings. The van der Waals surface area contributed by atoms with Crippen LogP contribution in [0.4, 0.5) is 22.7 Å². The van der Waals surface area contributed by atoms with Gasteiger partial charge in [-0.25, -0.2) is 0 Å². The second kappa shape index (κ2) is 20.6. The molecule has 7 nitrogen and oxygen atoms in total. The smallest absolute Gasteiger partial charge is 0.411 e. The molecular weight excluding hydrogens is 860 g/mol. The van der Waals surface area contributed by atoms with Crippen molar-refractivity contribution in [3.05, 3.63) is 218 Å². The van der Waals surface area contributed by atoms with Crippen LogP contribution in [0.3, 0.4) is 0 Å². The van der Waals surface area contributed by atoms with Crippen molar-refractivity contribution < 1.29 is 14.6 Å². The standard InChI is InChI=1S/2C28H28BN2OP.H2O/c2*1-3-30-27-17-11-12-18-28(27)31(4-2)29(30)23-19-21-26(22-20-23)33(32,24-13-7-5-8-14-24)25-15-9-6-10-16-25;/h2*5-22H,3-4H2,1-2H3;1H2. The number of fused-ring (bicyclic) bond motifs is 2. The second-order valence-electron chi connectivity index (χ2n) is 16.6. The molecule has 0 amide bonds. The first-order valence-electron chi connectivity index (χ1n) is 23.2. The molecule has 336 valence electrons. The Kier molecular flexibility index (Phi) is 14.4. The summed E-state index contributed by atoms with van der Waals surface area (Å²) in [4.78, 5) is 9.79. The zero-order chi connectivity index (χ0) is 45.7. The summed E-state index contributed by atoms with van der Waals surface area (Å²) in [5.41, 5.74) is 7.52. The Balaban J connectivity index is 0.000000179. The van der Waals surface area contributed by atoms with Crippen molar-refractivity contribution in [1.82, 2.24) is 0 Å². The van der Waals surface area contributed by atoms with Gasteiger partial charge in [0.2, 0.25) is 0 Å². The van der Waals surface area contributed by atoms with E-state index in [0.29, 0.717) is 0 Å². The van der Waals surface area contributed by atoms with Crippen LogP contribution in [0.1, 0.15) is 27.7 Å². The Morgan fingerprint density at radius 3 is 0.701 bits per heavy atom. The number of para-hydroxylation sites is 4. The number of anilines is 4. The maximum Gasteiger partial charge on any atom is 0.411 e. The number of hydrogen-bond donors (Lipinski definition) is 0. The molecule has 0 saturated carbocycles. The van der Waals surface area contributed by atoms with Gasteiger partial charge < -0.3 is 33.8 Å². The van der Waals surface area contributed by atoms with Crippen molar-refractivity contribution in [3.8, 4) is 0 Å². The molecular formula is C56H58B2N4O3P2. The molecule has 0 unspecified atom stereocenters. The molecule has 0 bridgehead atoms. The summed E-state index contributed by atoms with van der Waals surface area (Å²) < 4.78 is 29.3. The third-order valence-corrected chi connectivity index (χ3v) is 19.3. The molecule has 0 aromatic heterocycles. The van der Waals surface area contributed by atoms with Gasteiger partial charge in [0.25, 0.3) is 0 Å². The van der Waals surface area contributed by atoms with Gasteiger partial charge in [-0.05, 0) is 62.9 Å². The van der Waals surface area contributed by atoms with Crippen molar-refractivity contribution in [1.29, 1.82) is 0 Å². The lowest BCUT2D eigenvalue weighted by molar-refractivity contribution is 0.591. The lowest BCUT2D eigenvalue weighted by atomic mass is 9.65. The third kappa shape index (κ3) is 8.57. The highest BCUT2D eigenvalue weighted by Crippen LogP contribution is 2.44. The summed E-state index contributed by atoms with van der Waals surface area (Å²) in [5, 5.41) is 5.19. The van der Waals surface area contributed by atoms with E-state index in [1.54, 1.807) is 0 Å². The Morgan fingerprint density at radius 1 is 0.299 bits per heavy atom. The van der Waals surface area contributed by atoms with Crippen LogP contribution in [0, 0.1) is 0 Å². The highest BCUT2D eigenvalue weighted by Gasteiger charge is 2.42. The lowest BCUT2D eigenvalue weighted by Gasteiger charge is -2.28. The van der Waals surface area contributed by atoms with Crippen LogP contribution < -0.4 is 62.0 Å². The van der Waals surface area contributed by atoms with Crippen LogP contribution >= 0.6 is 14.3 Å². The molecule has 0 saturated heterocycles. The maximum absolute atomic E-state index is 14.6. The van der Waals surface area contributed by atoms with Crippen molar-refractivity contribution in [2.24, 2.45) is 0 Å². The van der Waals surface area contributed by atoms with Crippen LogP contribution in [0.5, 0.6) is 0 Å². The molecule has 10 rings (SSSR count). The van der Waals surface area contributed by atoms with E-state index >= 15 is 0 Å². The Labute approximate surface area is 398 Å². The van der Waals surface area contributed by atoms with E-state index < -0.39 is 14.3 Å². The zero-order valence-electron chi connectivity index (χ0n) is 38.8. The predicted molar refractivity (Wildman–Crippen MR) is 291 cm³/mol. The average Bonchev–Trinajstić information content (AvgIpc) is 3.91. The fourth-order valence-electron chi connectivity index (χ4n) is 10.0. The minimum Gasteiger partial charge on any atom is -0.412 e. The van der Waals surface area contributed by atoms with Gasteiger partial charge in [-0.2, -0.15) is 0 Å². The highest BCUT2D eigenvalue weighted by atomic mass is 31.2. The van der Waals surface area contributed by atoms with Gasteiger partial charge in [0.15, 0.2) is 14.3 Å². The number of rotatable bonds is 12. The van der Waals surface area contributed by atoms with Crippen LogP contribution in [-0.4, -0.2) is 45.6 Å². The molecule has 2 aliphatic rings. The number of benzene rings is 8. The zero-order valence-corrected chi connectivity index (χ0v) is 40.6. The molecule has 0 spiro atoms. The maximum atomic E-state index is 14.6. The summed E-state index contributed by atoms with van der Waals surface area (Å²) in [6.07, 6.45) is 0. The average molecular weight is 919 g/mol. The van der Waals surface area contributed by atoms with Crippen molar-refractivity contribution in [2.45, 2.75) is 27.7 Å². The van der Waals surface area contributed by atoms with E-state index in [1.165, 1.54) is 33.7 Å². The van der Waals surface area contributed by atoms with Gasteiger partial charge in [0.05, 0.1) is 0 Å². The lowest BCUT2D eigenvalue weighted by Crippen LogP contribution is -2.56. The van der Waals surface area contributed by atoms with E-state index in [0.717, 1.165) is 58.0 Å². The van der Waals surface area contributed by atoms with Crippen molar-refractivity contribution in [3.63, 3.8) is 0 Å². The number of hydrogen-bond acceptors (Lipinski definition) is 6. The molecule has 0 atom stereocenters. The Bertz CT molecular complexity index is 2620. The number of nitrogens with zero attached hydrogens (tertiary/aromatic N) is 4. The highest BCUT2D eigenvalue weighted by molar-refractivity contribution is 7.85. The summed E-state index contributed by atoms with van der Waals surface area (Å²) in [6.45, 7) is 12.8. The first-order chi connectivity index (χ1) is 32.4. The van der Waals surface area contributed by atoms with E-state index in [-0.39, 0.29) is 19.4 Å². The minimum atomic E-state index is -2.96. The second-order valence-corrected chi connectivity index (χ2v) is 22.1. The van der Waals surface area contributed by atoms with Gasteiger partial charge in [0, 0.05) is 80.8 Å². The first kappa shape index (κ1) is 47.0. The van der Waals surface area contributed by atoms with Crippen LogP contribution in [0.15, 0.2) is 218 Å². The van der Waals surface area contributed by atoms with Gasteiger partial charge in [-0.1, -0.05) is 194 Å². The van der Waals surface area contributed by atoms with Crippen molar-refractivity contribution >= 4 is 93.8 Å². The SMILES string of the molecule is CCN1B(c2ccc(P(=O)(c3ccccc3)c3ccccc3)cc2)N(CC)c2ccccc21.CCN1B(c2ccc(P(=O)(c3ccccc3)c3ccccc3)cc2)N(CC)c2ccccc21.O. The summed E-state index contributed by atoms with van der Waals surface area (Å²) in [7, 11) is -5.92. The molecule has 0 aliphatic carbocycles. The van der Waals surface area contributed by atoms with Crippen LogP contribution in [-0.2, 0) is 9.13 Å².